The molecule has 0 aliphatic carbocycles. The fourth-order valence-electron chi connectivity index (χ4n) is 3.75. The summed E-state index contributed by atoms with van der Waals surface area (Å²) in [6.07, 6.45) is 0. The van der Waals surface area contributed by atoms with Crippen LogP contribution in [0.5, 0.6) is 5.75 Å². The number of anilines is 3. The molecular formula is C25H28N4O2. The Morgan fingerprint density at radius 1 is 0.839 bits per heavy atom. The van der Waals surface area contributed by atoms with Crippen LogP contribution < -0.4 is 20.3 Å². The summed E-state index contributed by atoms with van der Waals surface area (Å²) in [6.45, 7) is 5.07. The molecule has 1 aliphatic rings. The highest BCUT2D eigenvalue weighted by Gasteiger charge is 2.17. The van der Waals surface area contributed by atoms with Crippen molar-refractivity contribution in [3.63, 3.8) is 0 Å². The van der Waals surface area contributed by atoms with Gasteiger partial charge in [0.1, 0.15) is 5.75 Å². The highest BCUT2D eigenvalue weighted by molar-refractivity contribution is 5.99. The minimum atomic E-state index is -0.280. The molecule has 6 nitrogen and oxygen atoms in total. The molecule has 1 heterocycles. The van der Waals surface area contributed by atoms with Crippen molar-refractivity contribution in [2.75, 3.05) is 48.8 Å². The van der Waals surface area contributed by atoms with Gasteiger partial charge in [0.05, 0.1) is 7.11 Å². The average molecular weight is 417 g/mol. The highest BCUT2D eigenvalue weighted by Crippen LogP contribution is 2.19. The van der Waals surface area contributed by atoms with Gasteiger partial charge in [0.25, 0.3) is 0 Å². The summed E-state index contributed by atoms with van der Waals surface area (Å²) in [5.41, 5.74) is 3.98. The van der Waals surface area contributed by atoms with E-state index in [-0.39, 0.29) is 6.03 Å². The van der Waals surface area contributed by atoms with Crippen molar-refractivity contribution in [2.24, 2.45) is 0 Å². The first-order valence-corrected chi connectivity index (χ1v) is 10.5. The molecule has 6 heteroatoms. The van der Waals surface area contributed by atoms with E-state index in [1.54, 1.807) is 13.2 Å². The third kappa shape index (κ3) is 5.77. The molecule has 2 amide bonds. The van der Waals surface area contributed by atoms with Crippen molar-refractivity contribution in [2.45, 2.75) is 6.54 Å². The van der Waals surface area contributed by atoms with E-state index in [1.807, 2.05) is 30.3 Å². The Labute approximate surface area is 183 Å². The number of para-hydroxylation sites is 1. The highest BCUT2D eigenvalue weighted by atomic mass is 16.5. The van der Waals surface area contributed by atoms with Crippen molar-refractivity contribution < 1.29 is 9.53 Å². The van der Waals surface area contributed by atoms with Gasteiger partial charge >= 0.3 is 6.03 Å². The topological polar surface area (TPSA) is 56.8 Å². The fourth-order valence-corrected chi connectivity index (χ4v) is 3.75. The molecule has 1 saturated heterocycles. The second-order valence-electron chi connectivity index (χ2n) is 7.61. The molecule has 1 fully saturated rings. The van der Waals surface area contributed by atoms with Crippen molar-refractivity contribution in [1.82, 2.24) is 4.90 Å². The maximum atomic E-state index is 12.3. The SMILES string of the molecule is COc1cccc(NC(=O)Nc2ccc(CN3CCN(c4ccccc4)CC3)cc2)c1. The van der Waals surface area contributed by atoms with Crippen LogP contribution in [-0.4, -0.2) is 44.2 Å². The van der Waals surface area contributed by atoms with Gasteiger partial charge in [0.15, 0.2) is 0 Å². The monoisotopic (exact) mass is 416 g/mol. The van der Waals surface area contributed by atoms with E-state index in [2.05, 4.69) is 62.9 Å². The maximum absolute atomic E-state index is 12.3. The summed E-state index contributed by atoms with van der Waals surface area (Å²) in [7, 11) is 1.60. The van der Waals surface area contributed by atoms with Crippen molar-refractivity contribution in [1.29, 1.82) is 0 Å². The van der Waals surface area contributed by atoms with Crippen LogP contribution in [0, 0.1) is 0 Å². The largest absolute Gasteiger partial charge is 0.497 e. The number of hydrogen-bond acceptors (Lipinski definition) is 4. The number of methoxy groups -OCH3 is 1. The number of piperazine rings is 1. The predicted molar refractivity (Wildman–Crippen MR) is 126 cm³/mol. The number of nitrogens with zero attached hydrogens (tertiary/aromatic N) is 2. The van der Waals surface area contributed by atoms with Crippen LogP contribution in [-0.2, 0) is 6.54 Å². The lowest BCUT2D eigenvalue weighted by molar-refractivity contribution is 0.250. The van der Waals surface area contributed by atoms with Crippen LogP contribution in [0.1, 0.15) is 5.56 Å². The van der Waals surface area contributed by atoms with E-state index in [1.165, 1.54) is 11.3 Å². The molecule has 31 heavy (non-hydrogen) atoms. The Bertz CT molecular complexity index is 984. The lowest BCUT2D eigenvalue weighted by Gasteiger charge is -2.36. The smallest absolute Gasteiger partial charge is 0.323 e. The Morgan fingerprint density at radius 3 is 2.26 bits per heavy atom. The summed E-state index contributed by atoms with van der Waals surface area (Å²) >= 11 is 0. The maximum Gasteiger partial charge on any atom is 0.323 e. The van der Waals surface area contributed by atoms with E-state index < -0.39 is 0 Å². The first-order chi connectivity index (χ1) is 15.2. The Morgan fingerprint density at radius 2 is 1.55 bits per heavy atom. The van der Waals surface area contributed by atoms with E-state index in [0.717, 1.165) is 38.4 Å². The fraction of sp³-hybridized carbons (Fsp3) is 0.240. The third-order valence-electron chi connectivity index (χ3n) is 5.44. The molecule has 0 unspecified atom stereocenters. The Kier molecular flexibility index (Phi) is 6.69. The molecule has 0 aromatic heterocycles. The summed E-state index contributed by atoms with van der Waals surface area (Å²) < 4.78 is 5.18. The van der Waals surface area contributed by atoms with Crippen molar-refractivity contribution in [3.8, 4) is 5.75 Å². The minimum Gasteiger partial charge on any atom is -0.497 e. The van der Waals surface area contributed by atoms with Gasteiger partial charge in [-0.25, -0.2) is 4.79 Å². The molecule has 0 atom stereocenters. The molecule has 0 bridgehead atoms. The van der Waals surface area contributed by atoms with E-state index in [4.69, 9.17) is 4.74 Å². The zero-order valence-corrected chi connectivity index (χ0v) is 17.8. The number of hydrogen-bond donors (Lipinski definition) is 2. The lowest BCUT2D eigenvalue weighted by atomic mass is 10.1. The quantitative estimate of drug-likeness (QED) is 0.614. The van der Waals surface area contributed by atoms with Gasteiger partial charge in [-0.15, -0.1) is 0 Å². The summed E-state index contributed by atoms with van der Waals surface area (Å²) in [5.74, 6) is 0.701. The van der Waals surface area contributed by atoms with Crippen LogP contribution in [0.4, 0.5) is 21.9 Å². The normalized spacial score (nSPS) is 14.2. The van der Waals surface area contributed by atoms with Crippen LogP contribution in [0.2, 0.25) is 0 Å². The van der Waals surface area contributed by atoms with Crippen molar-refractivity contribution >= 4 is 23.1 Å². The third-order valence-corrected chi connectivity index (χ3v) is 5.44. The molecule has 2 N–H and O–H groups in total. The van der Waals surface area contributed by atoms with Gasteiger partial charge < -0.3 is 20.3 Å². The van der Waals surface area contributed by atoms with Crippen LogP contribution in [0.25, 0.3) is 0 Å². The van der Waals surface area contributed by atoms with Gasteiger partial charge in [-0.05, 0) is 42.0 Å². The number of carbonyl (C=O) groups is 1. The van der Waals surface area contributed by atoms with Crippen LogP contribution in [0.15, 0.2) is 78.9 Å². The molecule has 0 saturated carbocycles. The number of rotatable bonds is 6. The predicted octanol–water partition coefficient (Wildman–Crippen LogP) is 4.66. The van der Waals surface area contributed by atoms with E-state index >= 15 is 0 Å². The molecule has 3 aromatic carbocycles. The van der Waals surface area contributed by atoms with E-state index in [9.17, 15) is 4.79 Å². The first-order valence-electron chi connectivity index (χ1n) is 10.5. The lowest BCUT2D eigenvalue weighted by Crippen LogP contribution is -2.45. The Hall–Kier alpha value is -3.51. The average Bonchev–Trinajstić information content (AvgIpc) is 2.81. The van der Waals surface area contributed by atoms with Gasteiger partial charge in [0, 0.05) is 55.9 Å². The number of carbonyl (C=O) groups excluding carboxylic acids is 1. The van der Waals surface area contributed by atoms with Gasteiger partial charge in [-0.2, -0.15) is 0 Å². The number of amides is 2. The molecule has 1 aliphatic heterocycles. The number of ether oxygens (including phenoxy) is 1. The number of nitrogens with one attached hydrogen (secondary N) is 2. The van der Waals surface area contributed by atoms with Crippen LogP contribution >= 0.6 is 0 Å². The number of benzene rings is 3. The Balaban J connectivity index is 1.25. The summed E-state index contributed by atoms with van der Waals surface area (Å²) in [5, 5.41) is 5.69. The molecule has 160 valence electrons. The summed E-state index contributed by atoms with van der Waals surface area (Å²) in [4.78, 5) is 17.2. The second kappa shape index (κ2) is 10.00. The molecule has 0 spiro atoms. The van der Waals surface area contributed by atoms with Gasteiger partial charge in [0.2, 0.25) is 0 Å². The molecule has 0 radical (unpaired) electrons. The second-order valence-corrected chi connectivity index (χ2v) is 7.61. The van der Waals surface area contributed by atoms with Gasteiger partial charge in [-0.3, -0.25) is 4.90 Å². The first kappa shape index (κ1) is 20.8. The zero-order valence-electron chi connectivity index (χ0n) is 17.8. The molecule has 4 rings (SSSR count). The van der Waals surface area contributed by atoms with Crippen molar-refractivity contribution in [3.05, 3.63) is 84.4 Å². The van der Waals surface area contributed by atoms with Crippen LogP contribution in [0.3, 0.4) is 0 Å². The van der Waals surface area contributed by atoms with E-state index in [0.29, 0.717) is 11.4 Å². The standard InChI is InChI=1S/C25H28N4O2/c1-31-24-9-5-6-22(18-24)27-25(30)26-21-12-10-20(11-13-21)19-28-14-16-29(17-15-28)23-7-3-2-4-8-23/h2-13,18H,14-17,19H2,1H3,(H2,26,27,30). The van der Waals surface area contributed by atoms with Gasteiger partial charge in [-0.1, -0.05) is 36.4 Å². The minimum absolute atomic E-state index is 0.280. The molecule has 3 aromatic rings. The number of urea groups is 1. The molecular weight excluding hydrogens is 388 g/mol. The zero-order chi connectivity index (χ0) is 21.5. The summed E-state index contributed by atoms with van der Waals surface area (Å²) in [6, 6.07) is 25.6.